The van der Waals surface area contributed by atoms with E-state index >= 15 is 0 Å². The lowest BCUT2D eigenvalue weighted by molar-refractivity contribution is 0.596. The van der Waals surface area contributed by atoms with Crippen molar-refractivity contribution in [3.05, 3.63) is 56.2 Å². The SMILES string of the molecule is CCNCC(Cc1cc(Br)cs1)c1ccccc1C. The third-order valence-electron chi connectivity index (χ3n) is 3.34. The van der Waals surface area contributed by atoms with Gasteiger partial charge in [-0.2, -0.15) is 0 Å². The minimum atomic E-state index is 0.548. The van der Waals surface area contributed by atoms with E-state index in [-0.39, 0.29) is 0 Å². The summed E-state index contributed by atoms with van der Waals surface area (Å²) in [5.74, 6) is 0.548. The van der Waals surface area contributed by atoms with Gasteiger partial charge < -0.3 is 5.32 Å². The second-order valence-electron chi connectivity index (χ2n) is 4.80. The maximum atomic E-state index is 3.54. The quantitative estimate of drug-likeness (QED) is 0.801. The van der Waals surface area contributed by atoms with Gasteiger partial charge in [0.25, 0.3) is 0 Å². The summed E-state index contributed by atoms with van der Waals surface area (Å²) in [7, 11) is 0. The first-order valence-corrected chi connectivity index (χ1v) is 8.37. The molecule has 0 aliphatic heterocycles. The Hall–Kier alpha value is -0.640. The van der Waals surface area contributed by atoms with Gasteiger partial charge >= 0.3 is 0 Å². The molecule has 19 heavy (non-hydrogen) atoms. The van der Waals surface area contributed by atoms with Crippen molar-refractivity contribution >= 4 is 27.3 Å². The van der Waals surface area contributed by atoms with E-state index in [2.05, 4.69) is 70.8 Å². The van der Waals surface area contributed by atoms with E-state index in [9.17, 15) is 0 Å². The van der Waals surface area contributed by atoms with Gasteiger partial charge in [-0.15, -0.1) is 11.3 Å². The molecule has 1 N–H and O–H groups in total. The number of hydrogen-bond acceptors (Lipinski definition) is 2. The standard InChI is InChI=1S/C16H20BrNS/c1-3-18-10-13(8-15-9-14(17)11-19-15)16-7-5-4-6-12(16)2/h4-7,9,11,13,18H,3,8,10H2,1-2H3. The molecule has 1 unspecified atom stereocenters. The molecular weight excluding hydrogens is 318 g/mol. The maximum Gasteiger partial charge on any atom is 0.0285 e. The van der Waals surface area contributed by atoms with Crippen LogP contribution in [0.1, 0.15) is 28.8 Å². The van der Waals surface area contributed by atoms with Gasteiger partial charge in [0.2, 0.25) is 0 Å². The van der Waals surface area contributed by atoms with Crippen molar-refractivity contribution < 1.29 is 0 Å². The summed E-state index contributed by atoms with van der Waals surface area (Å²) in [5.41, 5.74) is 2.86. The number of hydrogen-bond donors (Lipinski definition) is 1. The summed E-state index contributed by atoms with van der Waals surface area (Å²) in [6.45, 7) is 6.43. The highest BCUT2D eigenvalue weighted by Gasteiger charge is 2.15. The predicted molar refractivity (Wildman–Crippen MR) is 88.2 cm³/mol. The molecule has 0 bridgehead atoms. The van der Waals surface area contributed by atoms with Crippen molar-refractivity contribution in [2.75, 3.05) is 13.1 Å². The van der Waals surface area contributed by atoms with Crippen LogP contribution in [0.15, 0.2) is 40.2 Å². The molecule has 0 fully saturated rings. The average molecular weight is 338 g/mol. The minimum absolute atomic E-state index is 0.548. The largest absolute Gasteiger partial charge is 0.316 e. The number of benzene rings is 1. The number of halogens is 1. The van der Waals surface area contributed by atoms with Crippen molar-refractivity contribution in [1.29, 1.82) is 0 Å². The number of rotatable bonds is 6. The Kier molecular flexibility index (Phi) is 5.61. The zero-order valence-corrected chi connectivity index (χ0v) is 13.9. The van der Waals surface area contributed by atoms with Crippen LogP contribution >= 0.6 is 27.3 Å². The summed E-state index contributed by atoms with van der Waals surface area (Å²) < 4.78 is 1.19. The normalized spacial score (nSPS) is 12.6. The summed E-state index contributed by atoms with van der Waals surface area (Å²) >= 11 is 5.38. The van der Waals surface area contributed by atoms with Crippen molar-refractivity contribution in [3.63, 3.8) is 0 Å². The van der Waals surface area contributed by atoms with E-state index in [0.717, 1.165) is 19.5 Å². The van der Waals surface area contributed by atoms with E-state index in [1.807, 2.05) is 11.3 Å². The molecule has 3 heteroatoms. The Bertz CT molecular complexity index is 521. The second kappa shape index (κ2) is 7.22. The fourth-order valence-corrected chi connectivity index (χ4v) is 3.89. The van der Waals surface area contributed by atoms with Crippen molar-refractivity contribution in [2.45, 2.75) is 26.2 Å². The summed E-state index contributed by atoms with van der Waals surface area (Å²) in [4.78, 5) is 1.44. The Morgan fingerprint density at radius 2 is 2.11 bits per heavy atom. The van der Waals surface area contributed by atoms with E-state index in [4.69, 9.17) is 0 Å². The van der Waals surface area contributed by atoms with Gasteiger partial charge in [-0.25, -0.2) is 0 Å². The third kappa shape index (κ3) is 4.16. The molecule has 0 spiro atoms. The molecule has 0 saturated carbocycles. The molecular formula is C16H20BrNS. The lowest BCUT2D eigenvalue weighted by atomic mass is 9.91. The molecule has 0 radical (unpaired) electrons. The third-order valence-corrected chi connectivity index (χ3v) is 5.06. The molecule has 1 aromatic carbocycles. The van der Waals surface area contributed by atoms with Gasteiger partial charge in [-0.3, -0.25) is 0 Å². The van der Waals surface area contributed by atoms with Gasteiger partial charge in [0.05, 0.1) is 0 Å². The molecule has 2 rings (SSSR count). The molecule has 1 heterocycles. The topological polar surface area (TPSA) is 12.0 Å². The lowest BCUT2D eigenvalue weighted by Crippen LogP contribution is -2.23. The first kappa shape index (κ1) is 14.8. The highest BCUT2D eigenvalue weighted by atomic mass is 79.9. The van der Waals surface area contributed by atoms with Gasteiger partial charge in [0, 0.05) is 27.2 Å². The first-order chi connectivity index (χ1) is 9.20. The van der Waals surface area contributed by atoms with Crippen molar-refractivity contribution in [2.24, 2.45) is 0 Å². The molecule has 102 valence electrons. The van der Waals surface area contributed by atoms with Crippen LogP contribution in [-0.2, 0) is 6.42 Å². The van der Waals surface area contributed by atoms with Crippen LogP contribution in [0.2, 0.25) is 0 Å². The van der Waals surface area contributed by atoms with Gasteiger partial charge in [-0.05, 0) is 53.0 Å². The van der Waals surface area contributed by atoms with Gasteiger partial charge in [-0.1, -0.05) is 31.2 Å². The van der Waals surface area contributed by atoms with Crippen LogP contribution in [0.5, 0.6) is 0 Å². The van der Waals surface area contributed by atoms with Crippen LogP contribution in [0, 0.1) is 6.92 Å². The average Bonchev–Trinajstić information content (AvgIpc) is 2.81. The molecule has 2 aromatic rings. The zero-order chi connectivity index (χ0) is 13.7. The van der Waals surface area contributed by atoms with Crippen LogP contribution in [0.3, 0.4) is 0 Å². The lowest BCUT2D eigenvalue weighted by Gasteiger charge is -2.19. The monoisotopic (exact) mass is 337 g/mol. The van der Waals surface area contributed by atoms with Gasteiger partial charge in [0.1, 0.15) is 0 Å². The first-order valence-electron chi connectivity index (χ1n) is 6.70. The zero-order valence-electron chi connectivity index (χ0n) is 11.4. The van der Waals surface area contributed by atoms with Crippen LogP contribution in [0.4, 0.5) is 0 Å². The summed E-state index contributed by atoms with van der Waals surface area (Å²) in [6.07, 6.45) is 1.11. The number of likely N-dealkylation sites (N-methyl/N-ethyl adjacent to an activating group) is 1. The molecule has 0 aliphatic rings. The Balaban J connectivity index is 2.18. The highest BCUT2D eigenvalue weighted by Crippen LogP contribution is 2.28. The molecule has 0 saturated heterocycles. The van der Waals surface area contributed by atoms with Crippen molar-refractivity contribution in [3.8, 4) is 0 Å². The molecule has 0 amide bonds. The van der Waals surface area contributed by atoms with Crippen molar-refractivity contribution in [1.82, 2.24) is 5.32 Å². The molecule has 0 aliphatic carbocycles. The Labute approximate surface area is 128 Å². The molecule has 1 atom stereocenters. The fourth-order valence-electron chi connectivity index (χ4n) is 2.36. The van der Waals surface area contributed by atoms with Crippen LogP contribution in [-0.4, -0.2) is 13.1 Å². The van der Waals surface area contributed by atoms with E-state index in [1.165, 1.54) is 20.5 Å². The highest BCUT2D eigenvalue weighted by molar-refractivity contribution is 9.10. The number of aryl methyl sites for hydroxylation is 1. The molecule has 1 aromatic heterocycles. The van der Waals surface area contributed by atoms with Gasteiger partial charge in [0.15, 0.2) is 0 Å². The summed E-state index contributed by atoms with van der Waals surface area (Å²) in [5, 5.41) is 5.66. The smallest absolute Gasteiger partial charge is 0.0285 e. The Morgan fingerprint density at radius 1 is 1.32 bits per heavy atom. The number of nitrogens with one attached hydrogen (secondary N) is 1. The predicted octanol–water partition coefficient (Wildman–Crippen LogP) is 4.75. The van der Waals surface area contributed by atoms with E-state index in [0.29, 0.717) is 5.92 Å². The number of thiophene rings is 1. The second-order valence-corrected chi connectivity index (χ2v) is 6.71. The molecule has 1 nitrogen and oxygen atoms in total. The summed E-state index contributed by atoms with van der Waals surface area (Å²) in [6, 6.07) is 11.0. The van der Waals surface area contributed by atoms with E-state index < -0.39 is 0 Å². The minimum Gasteiger partial charge on any atom is -0.316 e. The Morgan fingerprint density at radius 3 is 2.74 bits per heavy atom. The van der Waals surface area contributed by atoms with Crippen LogP contribution < -0.4 is 5.32 Å². The van der Waals surface area contributed by atoms with E-state index in [1.54, 1.807) is 0 Å². The van der Waals surface area contributed by atoms with Crippen LogP contribution in [0.25, 0.3) is 0 Å². The maximum absolute atomic E-state index is 3.54. The fraction of sp³-hybridized carbons (Fsp3) is 0.375.